The van der Waals surface area contributed by atoms with E-state index < -0.39 is 5.97 Å². The van der Waals surface area contributed by atoms with Gasteiger partial charge in [-0.15, -0.1) is 0 Å². The van der Waals surface area contributed by atoms with Gasteiger partial charge < -0.3 is 19.8 Å². The quantitative estimate of drug-likeness (QED) is 0.848. The zero-order chi connectivity index (χ0) is 13.3. The Morgan fingerprint density at radius 2 is 2.22 bits per heavy atom. The lowest BCUT2D eigenvalue weighted by Gasteiger charge is -2.40. The Kier molecular flexibility index (Phi) is 3.43. The van der Waals surface area contributed by atoms with Gasteiger partial charge in [-0.3, -0.25) is 0 Å². The highest BCUT2D eigenvalue weighted by atomic mass is 16.5. The van der Waals surface area contributed by atoms with Gasteiger partial charge >= 0.3 is 5.97 Å². The van der Waals surface area contributed by atoms with E-state index in [0.717, 1.165) is 5.69 Å². The number of benzene rings is 1. The molecule has 1 heterocycles. The van der Waals surface area contributed by atoms with Crippen LogP contribution < -0.4 is 9.64 Å². The van der Waals surface area contributed by atoms with Gasteiger partial charge in [-0.25, -0.2) is 4.79 Å². The molecule has 2 atom stereocenters. The highest BCUT2D eigenvalue weighted by Crippen LogP contribution is 2.38. The molecule has 1 aromatic rings. The van der Waals surface area contributed by atoms with Crippen molar-refractivity contribution in [2.45, 2.75) is 25.5 Å². The molecule has 0 saturated heterocycles. The van der Waals surface area contributed by atoms with Crippen molar-refractivity contribution in [3.05, 3.63) is 23.8 Å². The fourth-order valence-electron chi connectivity index (χ4n) is 2.24. The van der Waals surface area contributed by atoms with E-state index in [-0.39, 0.29) is 24.3 Å². The molecule has 0 bridgehead atoms. The second-order valence-electron chi connectivity index (χ2n) is 4.48. The molecule has 2 rings (SSSR count). The van der Waals surface area contributed by atoms with Crippen molar-refractivity contribution in [3.8, 4) is 5.75 Å². The first kappa shape index (κ1) is 12.7. The van der Waals surface area contributed by atoms with Crippen LogP contribution in [-0.2, 0) is 0 Å². The first-order valence-corrected chi connectivity index (χ1v) is 5.93. The highest BCUT2D eigenvalue weighted by Gasteiger charge is 2.32. The van der Waals surface area contributed by atoms with E-state index in [0.29, 0.717) is 12.2 Å². The average Bonchev–Trinajstić information content (AvgIpc) is 2.35. The first-order valence-electron chi connectivity index (χ1n) is 5.93. The normalized spacial score (nSPS) is 22.3. The Balaban J connectivity index is 2.45. The summed E-state index contributed by atoms with van der Waals surface area (Å²) in [6.45, 7) is 2.02. The summed E-state index contributed by atoms with van der Waals surface area (Å²) in [5.41, 5.74) is 0.936. The number of likely N-dealkylation sites (N-methyl/N-ethyl adjacent to an activating group) is 1. The minimum absolute atomic E-state index is 0.0212. The van der Waals surface area contributed by atoms with Gasteiger partial charge in [0.15, 0.2) is 5.75 Å². The minimum atomic E-state index is -1.00. The molecule has 0 fully saturated rings. The third-order valence-corrected chi connectivity index (χ3v) is 3.44. The Labute approximate surface area is 106 Å². The zero-order valence-corrected chi connectivity index (χ0v) is 10.5. The number of hydrogen-bond acceptors (Lipinski definition) is 4. The van der Waals surface area contributed by atoms with E-state index in [4.69, 9.17) is 14.9 Å². The van der Waals surface area contributed by atoms with Crippen LogP contribution in [0.3, 0.4) is 0 Å². The predicted molar refractivity (Wildman–Crippen MR) is 67.4 cm³/mol. The van der Waals surface area contributed by atoms with E-state index in [1.807, 2.05) is 24.9 Å². The molecule has 1 aliphatic rings. The van der Waals surface area contributed by atoms with E-state index in [1.54, 1.807) is 6.07 Å². The molecule has 0 aliphatic carbocycles. The molecule has 2 N–H and O–H groups in total. The molecule has 98 valence electrons. The molecule has 2 unspecified atom stereocenters. The number of nitrogens with zero attached hydrogens (tertiary/aromatic N) is 1. The van der Waals surface area contributed by atoms with Gasteiger partial charge in [-0.05, 0) is 19.1 Å². The Hall–Kier alpha value is -1.75. The number of carboxylic acids is 1. The van der Waals surface area contributed by atoms with Gasteiger partial charge in [0, 0.05) is 20.1 Å². The minimum Gasteiger partial charge on any atom is -0.485 e. The van der Waals surface area contributed by atoms with Crippen LogP contribution in [0, 0.1) is 0 Å². The third kappa shape index (κ3) is 2.01. The lowest BCUT2D eigenvalue weighted by molar-refractivity contribution is 0.0681. The van der Waals surface area contributed by atoms with Crippen molar-refractivity contribution in [1.82, 2.24) is 0 Å². The van der Waals surface area contributed by atoms with Crippen LogP contribution in [-0.4, -0.2) is 42.0 Å². The summed E-state index contributed by atoms with van der Waals surface area (Å²) in [4.78, 5) is 13.2. The second kappa shape index (κ2) is 4.86. The average molecular weight is 251 g/mol. The van der Waals surface area contributed by atoms with Gasteiger partial charge in [-0.1, -0.05) is 6.07 Å². The molecular weight excluding hydrogens is 234 g/mol. The van der Waals surface area contributed by atoms with Crippen LogP contribution in [0.15, 0.2) is 18.2 Å². The number of aromatic carboxylic acids is 1. The molecular formula is C13H17NO4. The lowest BCUT2D eigenvalue weighted by Crippen LogP contribution is -2.46. The van der Waals surface area contributed by atoms with E-state index in [9.17, 15) is 4.79 Å². The topological polar surface area (TPSA) is 70.0 Å². The van der Waals surface area contributed by atoms with Crippen LogP contribution in [0.1, 0.15) is 23.7 Å². The van der Waals surface area contributed by atoms with Gasteiger partial charge in [0.05, 0.1) is 11.7 Å². The highest BCUT2D eigenvalue weighted by molar-refractivity contribution is 5.93. The van der Waals surface area contributed by atoms with Gasteiger partial charge in [0.1, 0.15) is 11.7 Å². The van der Waals surface area contributed by atoms with Gasteiger partial charge in [-0.2, -0.15) is 0 Å². The number of aliphatic hydroxyl groups is 1. The van der Waals surface area contributed by atoms with Crippen molar-refractivity contribution in [2.24, 2.45) is 0 Å². The molecule has 0 saturated carbocycles. The second-order valence-corrected chi connectivity index (χ2v) is 4.48. The molecule has 18 heavy (non-hydrogen) atoms. The summed E-state index contributed by atoms with van der Waals surface area (Å²) in [5, 5.41) is 18.2. The van der Waals surface area contributed by atoms with Crippen LogP contribution in [0.2, 0.25) is 0 Å². The van der Waals surface area contributed by atoms with Gasteiger partial charge in [0.25, 0.3) is 0 Å². The van der Waals surface area contributed by atoms with E-state index in [1.165, 1.54) is 6.07 Å². The number of anilines is 1. The van der Waals surface area contributed by atoms with Crippen molar-refractivity contribution < 1.29 is 19.7 Å². The van der Waals surface area contributed by atoms with Crippen LogP contribution >= 0.6 is 0 Å². The summed E-state index contributed by atoms with van der Waals surface area (Å²) < 4.78 is 5.76. The number of carboxylic acid groups (broad SMARTS) is 1. The summed E-state index contributed by atoms with van der Waals surface area (Å²) >= 11 is 0. The number of para-hydroxylation sites is 1. The molecule has 5 nitrogen and oxygen atoms in total. The van der Waals surface area contributed by atoms with Crippen LogP contribution in [0.5, 0.6) is 5.75 Å². The van der Waals surface area contributed by atoms with Crippen molar-refractivity contribution >= 4 is 11.7 Å². The van der Waals surface area contributed by atoms with Gasteiger partial charge in [0.2, 0.25) is 0 Å². The Morgan fingerprint density at radius 3 is 2.83 bits per heavy atom. The van der Waals surface area contributed by atoms with E-state index in [2.05, 4.69) is 0 Å². The summed E-state index contributed by atoms with van der Waals surface area (Å²) in [6.07, 6.45) is 0.284. The largest absolute Gasteiger partial charge is 0.485 e. The SMILES string of the molecule is CC1C(CCO)Oc2c(C(=O)O)cccc2N1C. The maximum atomic E-state index is 11.2. The van der Waals surface area contributed by atoms with Crippen molar-refractivity contribution in [1.29, 1.82) is 0 Å². The monoisotopic (exact) mass is 251 g/mol. The molecule has 0 radical (unpaired) electrons. The fourth-order valence-corrected chi connectivity index (χ4v) is 2.24. The Bertz CT molecular complexity index is 460. The first-order chi connectivity index (χ1) is 8.56. The molecule has 5 heteroatoms. The number of carbonyl (C=O) groups is 1. The van der Waals surface area contributed by atoms with Crippen LogP contribution in [0.25, 0.3) is 0 Å². The number of fused-ring (bicyclic) bond motifs is 1. The van der Waals surface area contributed by atoms with E-state index >= 15 is 0 Å². The lowest BCUT2D eigenvalue weighted by atomic mass is 10.0. The molecule has 0 amide bonds. The van der Waals surface area contributed by atoms with Crippen molar-refractivity contribution in [3.63, 3.8) is 0 Å². The number of hydrogen-bond donors (Lipinski definition) is 2. The molecule has 1 aliphatic heterocycles. The summed E-state index contributed by atoms with van der Waals surface area (Å²) in [6, 6.07) is 5.17. The maximum absolute atomic E-state index is 11.2. The maximum Gasteiger partial charge on any atom is 0.339 e. The molecule has 0 aromatic heterocycles. The third-order valence-electron chi connectivity index (χ3n) is 3.44. The predicted octanol–water partition coefficient (Wildman–Crippen LogP) is 1.35. The number of ether oxygens (including phenoxy) is 1. The van der Waals surface area contributed by atoms with Crippen LogP contribution in [0.4, 0.5) is 5.69 Å². The summed E-state index contributed by atoms with van der Waals surface area (Å²) in [5.74, 6) is -0.610. The number of rotatable bonds is 3. The fraction of sp³-hybridized carbons (Fsp3) is 0.462. The zero-order valence-electron chi connectivity index (χ0n) is 10.5. The molecule has 0 spiro atoms. The molecule has 1 aromatic carbocycles. The standard InChI is InChI=1S/C13H17NO4/c1-8-11(6-7-15)18-12-9(13(16)17)4-3-5-10(12)14(8)2/h3-5,8,11,15H,6-7H2,1-2H3,(H,16,17). The van der Waals surface area contributed by atoms with Crippen molar-refractivity contribution in [2.75, 3.05) is 18.6 Å². The Morgan fingerprint density at radius 1 is 1.50 bits per heavy atom. The smallest absolute Gasteiger partial charge is 0.339 e. The summed E-state index contributed by atoms with van der Waals surface area (Å²) in [7, 11) is 1.90. The number of aliphatic hydroxyl groups excluding tert-OH is 1.